The van der Waals surface area contributed by atoms with Crippen LogP contribution in [0.4, 0.5) is 0 Å². The molecule has 0 saturated heterocycles. The fourth-order valence-electron chi connectivity index (χ4n) is 0.888. The summed E-state index contributed by atoms with van der Waals surface area (Å²) in [5, 5.41) is 8.31. The van der Waals surface area contributed by atoms with E-state index in [9.17, 15) is 9.59 Å². The standard InChI is InChI=1S/C9H16O3/c1-3-7(2)8(10)5-4-6-9(11)12/h7H,3-6H2,1-2H3,(H,11,12). The first-order valence-electron chi connectivity index (χ1n) is 4.32. The van der Waals surface area contributed by atoms with Gasteiger partial charge in [0, 0.05) is 18.8 Å². The predicted molar refractivity (Wildman–Crippen MR) is 45.9 cm³/mol. The molecule has 70 valence electrons. The number of carboxylic acids is 1. The number of ketones is 1. The van der Waals surface area contributed by atoms with E-state index in [0.717, 1.165) is 6.42 Å². The van der Waals surface area contributed by atoms with E-state index in [4.69, 9.17) is 5.11 Å². The first-order chi connectivity index (χ1) is 5.57. The van der Waals surface area contributed by atoms with E-state index in [-0.39, 0.29) is 18.1 Å². The Kier molecular flexibility index (Phi) is 5.34. The van der Waals surface area contributed by atoms with E-state index in [1.54, 1.807) is 0 Å². The molecule has 1 unspecified atom stereocenters. The molecule has 0 aliphatic heterocycles. The van der Waals surface area contributed by atoms with Crippen molar-refractivity contribution >= 4 is 11.8 Å². The number of aliphatic carboxylic acids is 1. The summed E-state index contributed by atoms with van der Waals surface area (Å²) in [4.78, 5) is 21.3. The minimum atomic E-state index is -0.827. The van der Waals surface area contributed by atoms with Gasteiger partial charge in [-0.15, -0.1) is 0 Å². The van der Waals surface area contributed by atoms with Gasteiger partial charge >= 0.3 is 5.97 Å². The van der Waals surface area contributed by atoms with Crippen molar-refractivity contribution < 1.29 is 14.7 Å². The van der Waals surface area contributed by atoms with Crippen LogP contribution in [-0.2, 0) is 9.59 Å². The Morgan fingerprint density at radius 2 is 1.92 bits per heavy atom. The normalized spacial score (nSPS) is 12.5. The quantitative estimate of drug-likeness (QED) is 0.665. The third-order valence-corrected chi connectivity index (χ3v) is 1.98. The molecule has 0 aliphatic carbocycles. The maximum absolute atomic E-state index is 11.2. The summed E-state index contributed by atoms with van der Waals surface area (Å²) < 4.78 is 0. The average molecular weight is 172 g/mol. The molecular formula is C9H16O3. The maximum Gasteiger partial charge on any atom is 0.303 e. The summed E-state index contributed by atoms with van der Waals surface area (Å²) in [6, 6.07) is 0. The van der Waals surface area contributed by atoms with E-state index in [2.05, 4.69) is 0 Å². The van der Waals surface area contributed by atoms with Crippen molar-refractivity contribution in [1.29, 1.82) is 0 Å². The summed E-state index contributed by atoms with van der Waals surface area (Å²) in [7, 11) is 0. The molecule has 0 heterocycles. The first kappa shape index (κ1) is 11.1. The maximum atomic E-state index is 11.2. The third-order valence-electron chi connectivity index (χ3n) is 1.98. The minimum Gasteiger partial charge on any atom is -0.481 e. The lowest BCUT2D eigenvalue weighted by molar-refractivity contribution is -0.137. The zero-order chi connectivity index (χ0) is 9.56. The van der Waals surface area contributed by atoms with Gasteiger partial charge in [-0.05, 0) is 12.8 Å². The van der Waals surface area contributed by atoms with Gasteiger partial charge in [0.25, 0.3) is 0 Å². The van der Waals surface area contributed by atoms with Crippen molar-refractivity contribution in [2.45, 2.75) is 39.5 Å². The molecule has 3 heteroatoms. The van der Waals surface area contributed by atoms with Crippen LogP contribution < -0.4 is 0 Å². The molecule has 1 atom stereocenters. The molecule has 0 aromatic rings. The fraction of sp³-hybridized carbons (Fsp3) is 0.778. The molecule has 12 heavy (non-hydrogen) atoms. The number of carbonyl (C=O) groups excluding carboxylic acids is 1. The molecule has 0 aromatic carbocycles. The average Bonchev–Trinajstić information content (AvgIpc) is 2.02. The molecule has 0 radical (unpaired) electrons. The van der Waals surface area contributed by atoms with Crippen LogP contribution in [-0.4, -0.2) is 16.9 Å². The second kappa shape index (κ2) is 5.75. The number of Topliss-reactive ketones (excluding diaryl/α,β-unsaturated/α-hetero) is 1. The van der Waals surface area contributed by atoms with Gasteiger partial charge in [-0.1, -0.05) is 13.8 Å². The van der Waals surface area contributed by atoms with E-state index >= 15 is 0 Å². The van der Waals surface area contributed by atoms with Crippen LogP contribution in [0, 0.1) is 5.92 Å². The Bertz CT molecular complexity index is 163. The van der Waals surface area contributed by atoms with Crippen molar-refractivity contribution in [2.24, 2.45) is 5.92 Å². The molecule has 1 N–H and O–H groups in total. The molecule has 0 amide bonds. The summed E-state index contributed by atoms with van der Waals surface area (Å²) in [6.07, 6.45) is 1.81. The monoisotopic (exact) mass is 172 g/mol. The lowest BCUT2D eigenvalue weighted by atomic mass is 9.99. The van der Waals surface area contributed by atoms with E-state index < -0.39 is 5.97 Å². The highest BCUT2D eigenvalue weighted by Gasteiger charge is 2.10. The highest BCUT2D eigenvalue weighted by molar-refractivity contribution is 5.81. The van der Waals surface area contributed by atoms with Gasteiger partial charge in [-0.3, -0.25) is 9.59 Å². The zero-order valence-electron chi connectivity index (χ0n) is 7.67. The molecule has 0 fully saturated rings. The summed E-state index contributed by atoms with van der Waals surface area (Å²) in [6.45, 7) is 3.84. The van der Waals surface area contributed by atoms with Gasteiger partial charge < -0.3 is 5.11 Å². The van der Waals surface area contributed by atoms with Crippen molar-refractivity contribution in [3.05, 3.63) is 0 Å². The van der Waals surface area contributed by atoms with Crippen molar-refractivity contribution in [3.8, 4) is 0 Å². The van der Waals surface area contributed by atoms with Crippen LogP contribution in [0.1, 0.15) is 39.5 Å². The number of rotatable bonds is 6. The molecule has 0 bridgehead atoms. The van der Waals surface area contributed by atoms with Crippen molar-refractivity contribution in [1.82, 2.24) is 0 Å². The smallest absolute Gasteiger partial charge is 0.303 e. The summed E-state index contributed by atoms with van der Waals surface area (Å²) in [5.41, 5.74) is 0. The van der Waals surface area contributed by atoms with Gasteiger partial charge in [-0.2, -0.15) is 0 Å². The Morgan fingerprint density at radius 1 is 1.33 bits per heavy atom. The third kappa shape index (κ3) is 4.88. The largest absolute Gasteiger partial charge is 0.481 e. The molecule has 3 nitrogen and oxygen atoms in total. The SMILES string of the molecule is CCC(C)C(=O)CCCC(=O)O. The second-order valence-electron chi connectivity index (χ2n) is 3.02. The molecular weight excluding hydrogens is 156 g/mol. The molecule has 0 spiro atoms. The minimum absolute atomic E-state index is 0.0822. The van der Waals surface area contributed by atoms with Crippen LogP contribution in [0.5, 0.6) is 0 Å². The number of hydrogen-bond donors (Lipinski definition) is 1. The molecule has 0 rings (SSSR count). The van der Waals surface area contributed by atoms with Gasteiger partial charge in [0.2, 0.25) is 0 Å². The van der Waals surface area contributed by atoms with Crippen molar-refractivity contribution in [3.63, 3.8) is 0 Å². The fourth-order valence-corrected chi connectivity index (χ4v) is 0.888. The van der Waals surface area contributed by atoms with Crippen LogP contribution in [0.15, 0.2) is 0 Å². The van der Waals surface area contributed by atoms with Gasteiger partial charge in [-0.25, -0.2) is 0 Å². The van der Waals surface area contributed by atoms with E-state index in [1.165, 1.54) is 0 Å². The Labute approximate surface area is 72.8 Å². The number of carboxylic acid groups (broad SMARTS) is 1. The predicted octanol–water partition coefficient (Wildman–Crippen LogP) is 1.86. The van der Waals surface area contributed by atoms with Gasteiger partial charge in [0.15, 0.2) is 0 Å². The molecule has 0 aromatic heterocycles. The van der Waals surface area contributed by atoms with Crippen LogP contribution in [0.2, 0.25) is 0 Å². The lowest BCUT2D eigenvalue weighted by Gasteiger charge is -2.05. The van der Waals surface area contributed by atoms with Crippen molar-refractivity contribution in [2.75, 3.05) is 0 Å². The molecule has 0 aliphatic rings. The number of hydrogen-bond acceptors (Lipinski definition) is 2. The van der Waals surface area contributed by atoms with Gasteiger partial charge in [0.05, 0.1) is 0 Å². The zero-order valence-corrected chi connectivity index (χ0v) is 7.67. The lowest BCUT2D eigenvalue weighted by Crippen LogP contribution is -2.10. The summed E-state index contributed by atoms with van der Waals surface area (Å²) in [5.74, 6) is -0.565. The van der Waals surface area contributed by atoms with Crippen LogP contribution in [0.3, 0.4) is 0 Å². The topological polar surface area (TPSA) is 54.4 Å². The van der Waals surface area contributed by atoms with Gasteiger partial charge in [0.1, 0.15) is 5.78 Å². The summed E-state index contributed by atoms with van der Waals surface area (Å²) >= 11 is 0. The van der Waals surface area contributed by atoms with E-state index in [1.807, 2.05) is 13.8 Å². The Morgan fingerprint density at radius 3 is 2.33 bits per heavy atom. The molecule has 0 saturated carbocycles. The van der Waals surface area contributed by atoms with E-state index in [0.29, 0.717) is 12.8 Å². The highest BCUT2D eigenvalue weighted by Crippen LogP contribution is 2.08. The van der Waals surface area contributed by atoms with Crippen LogP contribution in [0.25, 0.3) is 0 Å². The van der Waals surface area contributed by atoms with Crippen LogP contribution >= 0.6 is 0 Å². The Balaban J connectivity index is 3.50. The highest BCUT2D eigenvalue weighted by atomic mass is 16.4. The first-order valence-corrected chi connectivity index (χ1v) is 4.32. The number of carbonyl (C=O) groups is 2. The second-order valence-corrected chi connectivity index (χ2v) is 3.02. The Hall–Kier alpha value is -0.860.